The lowest BCUT2D eigenvalue weighted by Crippen LogP contribution is -2.40. The highest BCUT2D eigenvalue weighted by Crippen LogP contribution is 2.16. The van der Waals surface area contributed by atoms with Crippen LogP contribution in [0, 0.1) is 0 Å². The summed E-state index contributed by atoms with van der Waals surface area (Å²) in [5, 5.41) is 9.44. The van der Waals surface area contributed by atoms with Gasteiger partial charge in [0.05, 0.1) is 12.2 Å². The molecule has 0 fully saturated rings. The summed E-state index contributed by atoms with van der Waals surface area (Å²) in [6.45, 7) is 2.38. The van der Waals surface area contributed by atoms with Gasteiger partial charge in [-0.15, -0.1) is 0 Å². The predicted octanol–water partition coefficient (Wildman–Crippen LogP) is 1.34. The van der Waals surface area contributed by atoms with Crippen molar-refractivity contribution in [2.24, 2.45) is 7.05 Å². The summed E-state index contributed by atoms with van der Waals surface area (Å²) in [6, 6.07) is 7.38. The van der Waals surface area contributed by atoms with Gasteiger partial charge in [-0.05, 0) is 38.2 Å². The number of benzene rings is 1. The number of nitrogens with zero attached hydrogens (tertiary/aromatic N) is 3. The van der Waals surface area contributed by atoms with Crippen LogP contribution in [0.4, 0.5) is 5.69 Å². The zero-order chi connectivity index (χ0) is 18.4. The lowest BCUT2D eigenvalue weighted by atomic mass is 10.1. The number of carbonyl (C=O) groups excluding carboxylic acids is 2. The summed E-state index contributed by atoms with van der Waals surface area (Å²) >= 11 is 0. The van der Waals surface area contributed by atoms with Gasteiger partial charge in [0.15, 0.2) is 0 Å². The van der Waals surface area contributed by atoms with Crippen molar-refractivity contribution in [1.82, 2.24) is 20.0 Å². The third-order valence-electron chi connectivity index (χ3n) is 4.02. The first kappa shape index (κ1) is 18.7. The molecule has 0 spiro atoms. The van der Waals surface area contributed by atoms with Crippen LogP contribution in [-0.4, -0.2) is 47.1 Å². The van der Waals surface area contributed by atoms with Crippen LogP contribution in [0.2, 0.25) is 0 Å². The summed E-state index contributed by atoms with van der Waals surface area (Å²) in [5.74, 6) is -1.33. The van der Waals surface area contributed by atoms with Crippen molar-refractivity contribution in [2.45, 2.75) is 19.4 Å². The van der Waals surface area contributed by atoms with Crippen LogP contribution in [0.1, 0.15) is 24.1 Å². The van der Waals surface area contributed by atoms with Gasteiger partial charge in [0.1, 0.15) is 0 Å². The lowest BCUT2D eigenvalue weighted by molar-refractivity contribution is -0.136. The molecule has 25 heavy (non-hydrogen) atoms. The van der Waals surface area contributed by atoms with Crippen LogP contribution in [0.5, 0.6) is 0 Å². The number of aromatic nitrogens is 2. The van der Waals surface area contributed by atoms with E-state index in [0.717, 1.165) is 12.0 Å². The highest BCUT2D eigenvalue weighted by molar-refractivity contribution is 6.39. The fraction of sp³-hybridized carbons (Fsp3) is 0.389. The molecule has 7 heteroatoms. The molecule has 2 aromatic rings. The van der Waals surface area contributed by atoms with Gasteiger partial charge in [0.2, 0.25) is 0 Å². The quantitative estimate of drug-likeness (QED) is 0.776. The maximum atomic E-state index is 12.1. The Morgan fingerprint density at radius 3 is 2.40 bits per heavy atom. The highest BCUT2D eigenvalue weighted by Gasteiger charge is 2.19. The zero-order valence-corrected chi connectivity index (χ0v) is 15.1. The molecule has 1 heterocycles. The van der Waals surface area contributed by atoms with Crippen LogP contribution in [0.25, 0.3) is 0 Å². The van der Waals surface area contributed by atoms with E-state index in [0.29, 0.717) is 12.2 Å². The van der Waals surface area contributed by atoms with Crippen molar-refractivity contribution < 1.29 is 9.59 Å². The molecule has 134 valence electrons. The van der Waals surface area contributed by atoms with E-state index >= 15 is 0 Å². The Bertz CT molecular complexity index is 721. The smallest absolute Gasteiger partial charge is 0.313 e. The first-order valence-electron chi connectivity index (χ1n) is 8.23. The minimum absolute atomic E-state index is 0.0608. The molecule has 2 N–H and O–H groups in total. The first-order valence-corrected chi connectivity index (χ1v) is 8.23. The Hall–Kier alpha value is -2.67. The lowest BCUT2D eigenvalue weighted by Gasteiger charge is -2.23. The molecule has 1 aromatic carbocycles. The van der Waals surface area contributed by atoms with Crippen LogP contribution in [-0.2, 0) is 23.1 Å². The molecular weight excluding hydrogens is 318 g/mol. The average Bonchev–Trinajstić information content (AvgIpc) is 3.01. The van der Waals surface area contributed by atoms with E-state index in [2.05, 4.69) is 22.7 Å². The van der Waals surface area contributed by atoms with E-state index in [-0.39, 0.29) is 6.04 Å². The van der Waals surface area contributed by atoms with Crippen molar-refractivity contribution in [1.29, 1.82) is 0 Å². The number of hydrogen-bond donors (Lipinski definition) is 2. The van der Waals surface area contributed by atoms with Crippen LogP contribution < -0.4 is 10.6 Å². The molecule has 0 aliphatic rings. The Morgan fingerprint density at radius 1 is 1.20 bits per heavy atom. The Kier molecular flexibility index (Phi) is 6.30. The van der Waals surface area contributed by atoms with Crippen molar-refractivity contribution in [3.63, 3.8) is 0 Å². The number of rotatable bonds is 6. The summed E-state index contributed by atoms with van der Waals surface area (Å²) in [4.78, 5) is 26.1. The van der Waals surface area contributed by atoms with E-state index < -0.39 is 11.8 Å². The zero-order valence-electron chi connectivity index (χ0n) is 15.1. The number of nitrogens with one attached hydrogen (secondary N) is 2. The second-order valence-corrected chi connectivity index (χ2v) is 6.14. The van der Waals surface area contributed by atoms with E-state index in [1.54, 1.807) is 23.0 Å². The number of likely N-dealkylation sites (N-methyl/N-ethyl adjacent to an activating group) is 1. The van der Waals surface area contributed by atoms with E-state index in [9.17, 15) is 9.59 Å². The number of amides is 2. The highest BCUT2D eigenvalue weighted by atomic mass is 16.2. The van der Waals surface area contributed by atoms with Gasteiger partial charge in [0, 0.05) is 31.0 Å². The molecule has 7 nitrogen and oxygen atoms in total. The fourth-order valence-electron chi connectivity index (χ4n) is 2.49. The number of aryl methyl sites for hydroxylation is 2. The second-order valence-electron chi connectivity index (χ2n) is 6.14. The van der Waals surface area contributed by atoms with Gasteiger partial charge in [0.25, 0.3) is 0 Å². The maximum absolute atomic E-state index is 12.1. The van der Waals surface area contributed by atoms with Gasteiger partial charge >= 0.3 is 11.8 Å². The topological polar surface area (TPSA) is 79.3 Å². The first-order chi connectivity index (χ1) is 11.9. The molecule has 0 aliphatic carbocycles. The number of carbonyl (C=O) groups is 2. The molecule has 0 bridgehead atoms. The number of anilines is 1. The van der Waals surface area contributed by atoms with Gasteiger partial charge in [-0.25, -0.2) is 0 Å². The fourth-order valence-corrected chi connectivity index (χ4v) is 2.49. The van der Waals surface area contributed by atoms with E-state index in [4.69, 9.17) is 0 Å². The molecular formula is C18H25N5O2. The molecule has 2 rings (SSSR count). The molecule has 1 aromatic heterocycles. The monoisotopic (exact) mass is 343 g/mol. The second kappa shape index (κ2) is 8.43. The van der Waals surface area contributed by atoms with Crippen molar-refractivity contribution in [2.75, 3.05) is 26.0 Å². The van der Waals surface area contributed by atoms with Gasteiger partial charge in [-0.2, -0.15) is 5.10 Å². The molecule has 1 atom stereocenters. The Labute approximate surface area is 148 Å². The van der Waals surface area contributed by atoms with Crippen molar-refractivity contribution >= 4 is 17.5 Å². The Morgan fingerprint density at radius 2 is 1.88 bits per heavy atom. The van der Waals surface area contributed by atoms with Gasteiger partial charge in [-0.3, -0.25) is 14.3 Å². The van der Waals surface area contributed by atoms with Gasteiger partial charge < -0.3 is 15.5 Å². The molecule has 0 saturated heterocycles. The third-order valence-corrected chi connectivity index (χ3v) is 4.02. The minimum atomic E-state index is -0.673. The normalized spacial score (nSPS) is 12.0. The van der Waals surface area contributed by atoms with Crippen LogP contribution >= 0.6 is 0 Å². The minimum Gasteiger partial charge on any atom is -0.346 e. The van der Waals surface area contributed by atoms with E-state index in [1.807, 2.05) is 44.4 Å². The largest absolute Gasteiger partial charge is 0.346 e. The van der Waals surface area contributed by atoms with Crippen LogP contribution in [0.15, 0.2) is 36.7 Å². The number of hydrogen-bond acceptors (Lipinski definition) is 4. The van der Waals surface area contributed by atoms with Crippen molar-refractivity contribution in [3.8, 4) is 0 Å². The summed E-state index contributed by atoms with van der Waals surface area (Å²) in [7, 11) is 5.67. The van der Waals surface area contributed by atoms with Gasteiger partial charge in [-0.1, -0.05) is 19.1 Å². The van der Waals surface area contributed by atoms with Crippen LogP contribution in [0.3, 0.4) is 0 Å². The molecule has 0 unspecified atom stereocenters. The Balaban J connectivity index is 1.92. The summed E-state index contributed by atoms with van der Waals surface area (Å²) in [5.41, 5.74) is 2.75. The average molecular weight is 343 g/mol. The van der Waals surface area contributed by atoms with Crippen molar-refractivity contribution in [3.05, 3.63) is 47.8 Å². The summed E-state index contributed by atoms with van der Waals surface area (Å²) < 4.78 is 1.71. The predicted molar refractivity (Wildman–Crippen MR) is 97.1 cm³/mol. The molecule has 0 aliphatic heterocycles. The SMILES string of the molecule is CCc1ccc(NC(=O)C(=O)NC[C@@H](c2cnn(C)c2)N(C)C)cc1. The standard InChI is InChI=1S/C18H25N5O2/c1-5-13-6-8-15(9-7-13)21-18(25)17(24)19-11-16(22(2)3)14-10-20-23(4)12-14/h6-10,12,16H,5,11H2,1-4H3,(H,19,24)(H,21,25)/t16-/m0/s1. The van der Waals surface area contributed by atoms with E-state index in [1.165, 1.54) is 5.56 Å². The molecule has 2 amide bonds. The molecule has 0 radical (unpaired) electrons. The third kappa shape index (κ3) is 5.15. The maximum Gasteiger partial charge on any atom is 0.313 e. The summed E-state index contributed by atoms with van der Waals surface area (Å²) in [6.07, 6.45) is 4.58. The molecule has 0 saturated carbocycles.